The molecular weight excluding hydrogens is 396 g/mol. The van der Waals surface area contributed by atoms with Crippen molar-refractivity contribution in [2.24, 2.45) is 5.41 Å². The van der Waals surface area contributed by atoms with E-state index in [1.807, 2.05) is 39.9 Å². The molecule has 0 saturated carbocycles. The summed E-state index contributed by atoms with van der Waals surface area (Å²) in [4.78, 5) is 33.9. The van der Waals surface area contributed by atoms with E-state index >= 15 is 0 Å². The first kappa shape index (κ1) is 20.2. The number of esters is 1. The summed E-state index contributed by atoms with van der Waals surface area (Å²) in [6, 6.07) is 7.55. The third-order valence-corrected chi connectivity index (χ3v) is 6.82. The molecule has 0 bridgehead atoms. The predicted molar refractivity (Wildman–Crippen MR) is 113 cm³/mol. The largest absolute Gasteiger partial charge is 0.461 e. The third kappa shape index (κ3) is 4.09. The van der Waals surface area contributed by atoms with Crippen molar-refractivity contribution in [3.63, 3.8) is 0 Å². The molecule has 3 fully saturated rings. The minimum atomic E-state index is -0.432. The van der Waals surface area contributed by atoms with Gasteiger partial charge >= 0.3 is 5.97 Å². The fourth-order valence-electron chi connectivity index (χ4n) is 4.93. The second-order valence-electron chi connectivity index (χ2n) is 8.73. The Balaban J connectivity index is 1.18. The van der Waals surface area contributed by atoms with Crippen LogP contribution in [0.25, 0.3) is 5.69 Å². The molecule has 1 amide bonds. The molecule has 3 saturated heterocycles. The number of piperidine rings is 1. The number of aromatic nitrogens is 2. The highest BCUT2D eigenvalue weighted by molar-refractivity contribution is 5.94. The van der Waals surface area contributed by atoms with Gasteiger partial charge in [0.1, 0.15) is 6.10 Å². The number of imidazole rings is 1. The summed E-state index contributed by atoms with van der Waals surface area (Å²) in [5, 5.41) is 0. The van der Waals surface area contributed by atoms with Gasteiger partial charge in [-0.3, -0.25) is 14.5 Å². The molecule has 3 aliphatic rings. The number of likely N-dealkylation sites (tertiary alicyclic amines) is 1. The van der Waals surface area contributed by atoms with Crippen molar-refractivity contribution in [2.45, 2.75) is 25.4 Å². The van der Waals surface area contributed by atoms with Crippen molar-refractivity contribution < 1.29 is 19.1 Å². The number of hydrogen-bond donors (Lipinski definition) is 0. The molecule has 3 aliphatic heterocycles. The van der Waals surface area contributed by atoms with Crippen LogP contribution in [0.4, 0.5) is 0 Å². The van der Waals surface area contributed by atoms with Crippen LogP contribution in [0.1, 0.15) is 29.6 Å². The second kappa shape index (κ2) is 8.43. The smallest absolute Gasteiger partial charge is 0.312 e. The van der Waals surface area contributed by atoms with Gasteiger partial charge in [0.2, 0.25) is 0 Å². The van der Waals surface area contributed by atoms with E-state index < -0.39 is 5.41 Å². The molecule has 1 unspecified atom stereocenters. The van der Waals surface area contributed by atoms with Crippen molar-refractivity contribution in [3.05, 3.63) is 48.5 Å². The normalized spacial score (nSPS) is 23.8. The highest BCUT2D eigenvalue weighted by Gasteiger charge is 2.51. The third-order valence-electron chi connectivity index (χ3n) is 6.82. The summed E-state index contributed by atoms with van der Waals surface area (Å²) in [5.74, 6) is -0.0641. The zero-order chi connectivity index (χ0) is 21.3. The van der Waals surface area contributed by atoms with Crippen LogP contribution >= 0.6 is 0 Å². The molecule has 1 atom stereocenters. The van der Waals surface area contributed by atoms with Crippen LogP contribution in [0.5, 0.6) is 0 Å². The Hall–Kier alpha value is -2.71. The van der Waals surface area contributed by atoms with Crippen LogP contribution in [0.3, 0.4) is 0 Å². The van der Waals surface area contributed by atoms with Gasteiger partial charge in [-0.15, -0.1) is 0 Å². The fourth-order valence-corrected chi connectivity index (χ4v) is 4.93. The van der Waals surface area contributed by atoms with E-state index in [9.17, 15) is 9.59 Å². The van der Waals surface area contributed by atoms with Gasteiger partial charge in [0.15, 0.2) is 0 Å². The molecule has 1 aromatic heterocycles. The number of nitrogens with zero attached hydrogens (tertiary/aromatic N) is 4. The predicted octanol–water partition coefficient (Wildman–Crippen LogP) is 1.74. The number of hydrogen-bond acceptors (Lipinski definition) is 6. The Kier molecular flexibility index (Phi) is 5.50. The summed E-state index contributed by atoms with van der Waals surface area (Å²) in [6.45, 7) is 5.22. The first-order valence-electron chi connectivity index (χ1n) is 11.0. The maximum atomic E-state index is 13.0. The van der Waals surface area contributed by atoms with Gasteiger partial charge < -0.3 is 18.9 Å². The van der Waals surface area contributed by atoms with Gasteiger partial charge in [-0.1, -0.05) is 0 Å². The number of ether oxygens (including phenoxy) is 2. The molecule has 4 heterocycles. The lowest BCUT2D eigenvalue weighted by atomic mass is 9.76. The number of cyclic esters (lactones) is 1. The van der Waals surface area contributed by atoms with E-state index in [0.29, 0.717) is 31.5 Å². The summed E-state index contributed by atoms with van der Waals surface area (Å²) < 4.78 is 13.1. The number of carbonyl (C=O) groups is 2. The molecule has 0 N–H and O–H groups in total. The molecular formula is C23H28N4O4. The summed E-state index contributed by atoms with van der Waals surface area (Å²) in [7, 11) is 0. The average Bonchev–Trinajstić information content (AvgIpc) is 3.44. The van der Waals surface area contributed by atoms with Gasteiger partial charge in [0.05, 0.1) is 25.0 Å². The summed E-state index contributed by atoms with van der Waals surface area (Å²) in [6.07, 6.45) is 7.37. The minimum absolute atomic E-state index is 0.0169. The Morgan fingerprint density at radius 1 is 1.10 bits per heavy atom. The van der Waals surface area contributed by atoms with Crippen LogP contribution in [0, 0.1) is 5.41 Å². The minimum Gasteiger partial charge on any atom is -0.461 e. The van der Waals surface area contributed by atoms with Crippen molar-refractivity contribution >= 4 is 11.9 Å². The van der Waals surface area contributed by atoms with E-state index in [2.05, 4.69) is 9.88 Å². The van der Waals surface area contributed by atoms with Crippen LogP contribution in [-0.2, 0) is 14.3 Å². The molecule has 8 nitrogen and oxygen atoms in total. The van der Waals surface area contributed by atoms with E-state index in [4.69, 9.17) is 9.47 Å². The number of carbonyl (C=O) groups excluding carboxylic acids is 2. The van der Waals surface area contributed by atoms with Gasteiger partial charge in [0.25, 0.3) is 5.91 Å². The molecule has 1 aromatic carbocycles. The van der Waals surface area contributed by atoms with Crippen molar-refractivity contribution in [3.8, 4) is 5.69 Å². The van der Waals surface area contributed by atoms with E-state index in [1.165, 1.54) is 0 Å². The Bertz CT molecular complexity index is 914. The number of benzene rings is 1. The quantitative estimate of drug-likeness (QED) is 0.696. The maximum Gasteiger partial charge on any atom is 0.312 e. The van der Waals surface area contributed by atoms with E-state index in [0.717, 1.165) is 45.0 Å². The Morgan fingerprint density at radius 2 is 1.84 bits per heavy atom. The monoisotopic (exact) mass is 424 g/mol. The lowest BCUT2D eigenvalue weighted by molar-refractivity contribution is -0.151. The SMILES string of the molecule is O=C(c1ccc(-n2ccnc2)cc1)N1CCC2(CC1)CC(CN1CCOCC1)OC2=O. The number of rotatable bonds is 4. The molecule has 0 aliphatic carbocycles. The lowest BCUT2D eigenvalue weighted by Gasteiger charge is -2.36. The highest BCUT2D eigenvalue weighted by Crippen LogP contribution is 2.43. The van der Waals surface area contributed by atoms with Crippen LogP contribution in [0.15, 0.2) is 43.0 Å². The van der Waals surface area contributed by atoms with E-state index in [-0.39, 0.29) is 18.0 Å². The summed E-state index contributed by atoms with van der Waals surface area (Å²) >= 11 is 0. The molecule has 2 aromatic rings. The second-order valence-corrected chi connectivity index (χ2v) is 8.73. The van der Waals surface area contributed by atoms with Crippen LogP contribution in [-0.4, -0.2) is 83.3 Å². The first-order valence-corrected chi connectivity index (χ1v) is 11.0. The highest BCUT2D eigenvalue weighted by atomic mass is 16.6. The number of morpholine rings is 1. The Morgan fingerprint density at radius 3 is 2.52 bits per heavy atom. The van der Waals surface area contributed by atoms with Gasteiger partial charge in [-0.25, -0.2) is 4.98 Å². The molecule has 5 rings (SSSR count). The zero-order valence-electron chi connectivity index (χ0n) is 17.6. The average molecular weight is 425 g/mol. The van der Waals surface area contributed by atoms with Gasteiger partial charge in [0, 0.05) is 62.8 Å². The molecule has 31 heavy (non-hydrogen) atoms. The topological polar surface area (TPSA) is 76.9 Å². The van der Waals surface area contributed by atoms with Crippen LogP contribution in [0.2, 0.25) is 0 Å². The van der Waals surface area contributed by atoms with Crippen molar-refractivity contribution in [1.29, 1.82) is 0 Å². The van der Waals surface area contributed by atoms with E-state index in [1.54, 1.807) is 12.5 Å². The van der Waals surface area contributed by atoms with Crippen LogP contribution < -0.4 is 0 Å². The maximum absolute atomic E-state index is 13.0. The molecule has 8 heteroatoms. The van der Waals surface area contributed by atoms with Crippen molar-refractivity contribution in [2.75, 3.05) is 45.9 Å². The lowest BCUT2D eigenvalue weighted by Crippen LogP contribution is -2.45. The van der Waals surface area contributed by atoms with Crippen molar-refractivity contribution in [1.82, 2.24) is 19.4 Å². The van der Waals surface area contributed by atoms with Gasteiger partial charge in [-0.2, -0.15) is 0 Å². The number of amides is 1. The Labute approximate surface area is 181 Å². The van der Waals surface area contributed by atoms with Gasteiger partial charge in [-0.05, 0) is 37.1 Å². The molecule has 1 spiro atoms. The first-order chi connectivity index (χ1) is 15.1. The summed E-state index contributed by atoms with van der Waals surface area (Å²) in [5.41, 5.74) is 1.20. The molecule has 0 radical (unpaired) electrons. The zero-order valence-corrected chi connectivity index (χ0v) is 17.6. The molecule has 164 valence electrons. The standard InChI is InChI=1S/C23H28N4O4/c28-21(18-1-3-19(4-2-18)27-10-7-24-17-27)26-8-5-23(6-9-26)15-20(31-22(23)29)16-25-11-13-30-14-12-25/h1-4,7,10,17,20H,5-6,8-9,11-16H2. The fraction of sp³-hybridized carbons (Fsp3) is 0.522.